The summed E-state index contributed by atoms with van der Waals surface area (Å²) in [5.41, 5.74) is 12.4. The van der Waals surface area contributed by atoms with Crippen molar-refractivity contribution in [3.63, 3.8) is 0 Å². The van der Waals surface area contributed by atoms with Crippen molar-refractivity contribution in [2.24, 2.45) is 11.5 Å². The van der Waals surface area contributed by atoms with E-state index in [2.05, 4.69) is 10.4 Å². The molecule has 0 saturated heterocycles. The summed E-state index contributed by atoms with van der Waals surface area (Å²) in [4.78, 5) is 13.2. The van der Waals surface area contributed by atoms with Gasteiger partial charge in [-0.1, -0.05) is 30.3 Å². The predicted molar refractivity (Wildman–Crippen MR) is 135 cm³/mol. The molecule has 11 heteroatoms. The number of benzene rings is 3. The maximum atomic E-state index is 14.8. The van der Waals surface area contributed by atoms with E-state index >= 15 is 0 Å². The lowest BCUT2D eigenvalue weighted by Gasteiger charge is -2.14. The van der Waals surface area contributed by atoms with Crippen LogP contribution in [0.2, 0.25) is 0 Å². The number of carbonyl (C=O) groups is 1. The topological polar surface area (TPSA) is 123 Å². The molecule has 0 spiro atoms. The smallest absolute Gasteiger partial charge is 0.326 e. The van der Waals surface area contributed by atoms with Gasteiger partial charge in [-0.15, -0.1) is 0 Å². The third kappa shape index (κ3) is 4.99. The van der Waals surface area contributed by atoms with E-state index in [4.69, 9.17) is 16.7 Å². The number of amides is 1. The number of anilines is 1. The number of carbonyl (C=O) groups excluding carboxylic acids is 1. The highest BCUT2D eigenvalue weighted by atomic mass is 19.4. The van der Waals surface area contributed by atoms with Crippen molar-refractivity contribution in [1.82, 2.24) is 9.78 Å². The first-order valence-electron chi connectivity index (χ1n) is 11.9. The normalized spacial score (nSPS) is 18.4. The Hall–Kier alpha value is -4.53. The number of aromatic nitrogens is 2. The second kappa shape index (κ2) is 9.65. The number of nitriles is 1. The van der Waals surface area contributed by atoms with Gasteiger partial charge in [-0.2, -0.15) is 23.5 Å². The van der Waals surface area contributed by atoms with Gasteiger partial charge in [0.05, 0.1) is 23.0 Å². The number of nitrogens with two attached hydrogens (primary N) is 2. The summed E-state index contributed by atoms with van der Waals surface area (Å²) >= 11 is 0. The molecule has 3 aromatic carbocycles. The van der Waals surface area contributed by atoms with E-state index in [1.807, 2.05) is 6.07 Å². The maximum Gasteiger partial charge on any atom is 0.435 e. The van der Waals surface area contributed by atoms with Gasteiger partial charge in [0.25, 0.3) is 5.91 Å². The van der Waals surface area contributed by atoms with Crippen LogP contribution in [0.1, 0.15) is 50.8 Å². The van der Waals surface area contributed by atoms with Crippen LogP contribution in [-0.2, 0) is 18.3 Å². The summed E-state index contributed by atoms with van der Waals surface area (Å²) < 4.78 is 56.1. The zero-order valence-corrected chi connectivity index (χ0v) is 20.3. The summed E-state index contributed by atoms with van der Waals surface area (Å²) in [6, 6.07) is 20.0. The quantitative estimate of drug-likeness (QED) is 0.302. The highest BCUT2D eigenvalue weighted by Gasteiger charge is 2.53. The Morgan fingerprint density at radius 3 is 2.54 bits per heavy atom. The van der Waals surface area contributed by atoms with Crippen LogP contribution in [0.5, 0.6) is 0 Å². The molecule has 1 saturated carbocycles. The van der Waals surface area contributed by atoms with Crippen LogP contribution in [0.4, 0.5) is 23.2 Å². The van der Waals surface area contributed by atoms with E-state index < -0.39 is 34.8 Å². The molecule has 1 amide bonds. The van der Waals surface area contributed by atoms with Crippen LogP contribution in [-0.4, -0.2) is 15.7 Å². The van der Waals surface area contributed by atoms with Gasteiger partial charge in [-0.3, -0.25) is 4.79 Å². The second-order valence-electron chi connectivity index (χ2n) is 9.38. The molecule has 1 heterocycles. The number of halogens is 4. The summed E-state index contributed by atoms with van der Waals surface area (Å²) in [7, 11) is 0. The number of hydrogen-bond donors (Lipinski definition) is 3. The molecule has 0 radical (unpaired) electrons. The van der Waals surface area contributed by atoms with Gasteiger partial charge in [0.15, 0.2) is 5.69 Å². The molecular weight excluding hydrogens is 512 g/mol. The van der Waals surface area contributed by atoms with Crippen LogP contribution in [0.25, 0.3) is 5.69 Å². The van der Waals surface area contributed by atoms with E-state index in [1.165, 1.54) is 24.3 Å². The molecule has 198 valence electrons. The van der Waals surface area contributed by atoms with Gasteiger partial charge < -0.3 is 16.8 Å². The van der Waals surface area contributed by atoms with Crippen molar-refractivity contribution in [3.05, 3.63) is 112 Å². The second-order valence-corrected chi connectivity index (χ2v) is 9.38. The van der Waals surface area contributed by atoms with Gasteiger partial charge in [-0.05, 0) is 59.5 Å². The largest absolute Gasteiger partial charge is 0.435 e. The lowest BCUT2D eigenvalue weighted by atomic mass is 9.98. The number of nitrogens with one attached hydrogen (secondary N) is 1. The zero-order chi connectivity index (χ0) is 27.9. The van der Waals surface area contributed by atoms with E-state index in [9.17, 15) is 22.4 Å². The van der Waals surface area contributed by atoms with Gasteiger partial charge in [0.1, 0.15) is 11.5 Å². The Bertz CT molecular complexity index is 1610. The molecule has 1 aliphatic carbocycles. The standard InChI is InChI=1S/C28H22F4N6O/c29-22-9-6-18(21-13-27(21,35)19-7-4-16(14-33)5-8-19)11-23(22)36-26(39)24-12-25(28(30,31)32)37-38(24)20-3-1-2-17(10-20)15-34/h1-12,21H,13,15,34-35H2,(H,36,39). The minimum absolute atomic E-state index is 0.132. The minimum Gasteiger partial charge on any atom is -0.326 e. The number of rotatable bonds is 6. The Balaban J connectivity index is 1.44. The van der Waals surface area contributed by atoms with E-state index in [0.29, 0.717) is 29.2 Å². The summed E-state index contributed by atoms with van der Waals surface area (Å²) in [5.74, 6) is -1.93. The molecule has 7 nitrogen and oxygen atoms in total. The number of hydrogen-bond acceptors (Lipinski definition) is 5. The first kappa shape index (κ1) is 26.1. The van der Waals surface area contributed by atoms with Crippen molar-refractivity contribution in [2.45, 2.75) is 30.6 Å². The molecule has 39 heavy (non-hydrogen) atoms. The maximum absolute atomic E-state index is 14.8. The molecule has 1 aromatic heterocycles. The molecule has 4 aromatic rings. The molecule has 1 fully saturated rings. The Morgan fingerprint density at radius 1 is 1.13 bits per heavy atom. The van der Waals surface area contributed by atoms with Crippen LogP contribution in [0.3, 0.4) is 0 Å². The van der Waals surface area contributed by atoms with Crippen molar-refractivity contribution < 1.29 is 22.4 Å². The molecule has 0 bridgehead atoms. The fourth-order valence-corrected chi connectivity index (χ4v) is 4.60. The van der Waals surface area contributed by atoms with Crippen molar-refractivity contribution >= 4 is 11.6 Å². The van der Waals surface area contributed by atoms with Gasteiger partial charge in [0.2, 0.25) is 0 Å². The van der Waals surface area contributed by atoms with Gasteiger partial charge in [0, 0.05) is 24.1 Å². The Kier molecular flexibility index (Phi) is 6.46. The first-order chi connectivity index (χ1) is 18.5. The summed E-state index contributed by atoms with van der Waals surface area (Å²) in [6.45, 7) is 0.132. The molecule has 5 N–H and O–H groups in total. The molecular formula is C28H22F4N6O. The Morgan fingerprint density at radius 2 is 1.87 bits per heavy atom. The lowest BCUT2D eigenvalue weighted by molar-refractivity contribution is -0.141. The fourth-order valence-electron chi connectivity index (χ4n) is 4.60. The molecule has 0 aliphatic heterocycles. The molecule has 2 unspecified atom stereocenters. The number of nitrogens with zero attached hydrogens (tertiary/aromatic N) is 3. The summed E-state index contributed by atoms with van der Waals surface area (Å²) in [5, 5.41) is 15.0. The SMILES string of the molecule is N#Cc1ccc(C2(N)CC2c2ccc(F)c(NC(=O)c3cc(C(F)(F)F)nn3-c3cccc(CN)c3)c2)cc1. The van der Waals surface area contributed by atoms with Crippen LogP contribution in [0, 0.1) is 17.1 Å². The van der Waals surface area contributed by atoms with E-state index in [0.717, 1.165) is 10.2 Å². The zero-order valence-electron chi connectivity index (χ0n) is 20.3. The van der Waals surface area contributed by atoms with Gasteiger partial charge >= 0.3 is 6.18 Å². The predicted octanol–water partition coefficient (Wildman–Crippen LogP) is 4.95. The first-order valence-corrected chi connectivity index (χ1v) is 11.9. The van der Waals surface area contributed by atoms with Crippen LogP contribution >= 0.6 is 0 Å². The fraction of sp³-hybridized carbons (Fsp3) is 0.179. The summed E-state index contributed by atoms with van der Waals surface area (Å²) in [6.07, 6.45) is -4.25. The molecule has 1 aliphatic rings. The number of alkyl halides is 3. The van der Waals surface area contributed by atoms with Gasteiger partial charge in [-0.25, -0.2) is 9.07 Å². The van der Waals surface area contributed by atoms with Crippen LogP contribution in [0.15, 0.2) is 72.8 Å². The minimum atomic E-state index is -4.81. The van der Waals surface area contributed by atoms with Crippen molar-refractivity contribution in [2.75, 3.05) is 5.32 Å². The molecule has 2 atom stereocenters. The Labute approximate surface area is 220 Å². The van der Waals surface area contributed by atoms with Crippen LogP contribution < -0.4 is 16.8 Å². The molecule has 5 rings (SSSR count). The average molecular weight is 535 g/mol. The van der Waals surface area contributed by atoms with Crippen molar-refractivity contribution in [3.8, 4) is 11.8 Å². The average Bonchev–Trinajstić information content (AvgIpc) is 3.40. The third-order valence-corrected chi connectivity index (χ3v) is 6.82. The van der Waals surface area contributed by atoms with Crippen molar-refractivity contribution in [1.29, 1.82) is 5.26 Å². The lowest BCUT2D eigenvalue weighted by Crippen LogP contribution is -2.22. The monoisotopic (exact) mass is 534 g/mol. The third-order valence-electron chi connectivity index (χ3n) is 6.82. The van der Waals surface area contributed by atoms with E-state index in [1.54, 1.807) is 42.5 Å². The highest BCUT2D eigenvalue weighted by Crippen LogP contribution is 2.56. The van der Waals surface area contributed by atoms with E-state index in [-0.39, 0.29) is 23.8 Å². The highest BCUT2D eigenvalue weighted by molar-refractivity contribution is 6.03.